The van der Waals surface area contributed by atoms with Gasteiger partial charge in [0.2, 0.25) is 0 Å². The van der Waals surface area contributed by atoms with Crippen molar-refractivity contribution in [2.24, 2.45) is 5.92 Å². The first-order chi connectivity index (χ1) is 7.27. The summed E-state index contributed by atoms with van der Waals surface area (Å²) < 4.78 is 5.20. The van der Waals surface area contributed by atoms with Crippen LogP contribution >= 0.6 is 0 Å². The van der Waals surface area contributed by atoms with Crippen LogP contribution in [-0.4, -0.2) is 51.3 Å². The van der Waals surface area contributed by atoms with Gasteiger partial charge in [0.1, 0.15) is 0 Å². The van der Waals surface area contributed by atoms with Gasteiger partial charge in [-0.05, 0) is 32.4 Å². The molecule has 1 aliphatic heterocycles. The minimum absolute atomic E-state index is 0.646. The predicted molar refractivity (Wildman–Crippen MR) is 64.2 cm³/mol. The highest BCUT2D eigenvalue weighted by molar-refractivity contribution is 4.79. The lowest BCUT2D eigenvalue weighted by Crippen LogP contribution is -2.46. The van der Waals surface area contributed by atoms with Crippen molar-refractivity contribution in [3.8, 4) is 0 Å². The number of nitrogens with zero attached hydrogens (tertiary/aromatic N) is 1. The zero-order valence-corrected chi connectivity index (χ0v) is 10.5. The minimum Gasteiger partial charge on any atom is -0.384 e. The van der Waals surface area contributed by atoms with Gasteiger partial charge < -0.3 is 10.1 Å². The van der Waals surface area contributed by atoms with E-state index >= 15 is 0 Å². The van der Waals surface area contributed by atoms with Gasteiger partial charge in [-0.3, -0.25) is 4.90 Å². The quantitative estimate of drug-likeness (QED) is 0.722. The van der Waals surface area contributed by atoms with Crippen LogP contribution < -0.4 is 5.32 Å². The van der Waals surface area contributed by atoms with E-state index < -0.39 is 0 Å². The maximum absolute atomic E-state index is 5.20. The Hall–Kier alpha value is -0.120. The molecule has 15 heavy (non-hydrogen) atoms. The Bertz CT molecular complexity index is 162. The van der Waals surface area contributed by atoms with Gasteiger partial charge in [0.15, 0.2) is 0 Å². The summed E-state index contributed by atoms with van der Waals surface area (Å²) >= 11 is 0. The lowest BCUT2D eigenvalue weighted by molar-refractivity contribution is 0.0898. The Kier molecular flexibility index (Phi) is 6.22. The Morgan fingerprint density at radius 3 is 2.93 bits per heavy atom. The molecule has 1 rings (SSSR count). The predicted octanol–water partition coefficient (Wildman–Crippen LogP) is 1.34. The van der Waals surface area contributed by atoms with E-state index in [1.54, 1.807) is 7.11 Å². The molecule has 1 aliphatic rings. The van der Waals surface area contributed by atoms with Crippen molar-refractivity contribution in [1.82, 2.24) is 10.2 Å². The van der Waals surface area contributed by atoms with Crippen LogP contribution in [0.25, 0.3) is 0 Å². The molecule has 90 valence electrons. The van der Waals surface area contributed by atoms with Crippen molar-refractivity contribution in [3.63, 3.8) is 0 Å². The van der Waals surface area contributed by atoms with E-state index in [-0.39, 0.29) is 0 Å². The fourth-order valence-electron chi connectivity index (χ4n) is 2.50. The molecule has 0 bridgehead atoms. The van der Waals surface area contributed by atoms with E-state index in [0.29, 0.717) is 5.92 Å². The van der Waals surface area contributed by atoms with Crippen LogP contribution in [0, 0.1) is 5.92 Å². The highest BCUT2D eigenvalue weighted by atomic mass is 16.5. The van der Waals surface area contributed by atoms with Crippen molar-refractivity contribution in [3.05, 3.63) is 0 Å². The summed E-state index contributed by atoms with van der Waals surface area (Å²) in [6.07, 6.45) is 4.10. The highest BCUT2D eigenvalue weighted by Crippen LogP contribution is 2.17. The fraction of sp³-hybridized carbons (Fsp3) is 1.00. The zero-order valence-electron chi connectivity index (χ0n) is 10.5. The summed E-state index contributed by atoms with van der Waals surface area (Å²) in [5.74, 6) is 0.646. The lowest BCUT2D eigenvalue weighted by Gasteiger charge is -2.37. The second-order valence-corrected chi connectivity index (χ2v) is 4.76. The average Bonchev–Trinajstić information content (AvgIpc) is 2.21. The average molecular weight is 214 g/mol. The maximum Gasteiger partial charge on any atom is 0.0500 e. The first-order valence-corrected chi connectivity index (χ1v) is 6.15. The summed E-state index contributed by atoms with van der Waals surface area (Å²) in [6.45, 7) is 6.72. The number of likely N-dealkylation sites (tertiary alicyclic amines) is 1. The van der Waals surface area contributed by atoms with Crippen molar-refractivity contribution in [1.29, 1.82) is 0 Å². The molecule has 3 nitrogen and oxygen atoms in total. The van der Waals surface area contributed by atoms with Crippen molar-refractivity contribution in [2.45, 2.75) is 32.2 Å². The second-order valence-electron chi connectivity index (χ2n) is 4.76. The molecule has 1 saturated heterocycles. The Labute approximate surface area is 94.2 Å². The summed E-state index contributed by atoms with van der Waals surface area (Å²) in [6, 6.07) is 0.739. The van der Waals surface area contributed by atoms with Crippen LogP contribution in [0.4, 0.5) is 0 Å². The molecule has 2 unspecified atom stereocenters. The van der Waals surface area contributed by atoms with Gasteiger partial charge in [-0.1, -0.05) is 13.3 Å². The molecule has 0 saturated carbocycles. The van der Waals surface area contributed by atoms with Crippen LogP contribution in [0.5, 0.6) is 0 Å². The maximum atomic E-state index is 5.20. The van der Waals surface area contributed by atoms with E-state index in [0.717, 1.165) is 19.2 Å². The molecule has 0 aliphatic carbocycles. The number of hydrogen-bond acceptors (Lipinski definition) is 3. The largest absolute Gasteiger partial charge is 0.384 e. The summed E-state index contributed by atoms with van der Waals surface area (Å²) in [5, 5.41) is 3.30. The van der Waals surface area contributed by atoms with E-state index in [2.05, 4.69) is 17.1 Å². The van der Waals surface area contributed by atoms with Crippen LogP contribution in [0.1, 0.15) is 26.2 Å². The summed E-state index contributed by atoms with van der Waals surface area (Å²) in [4.78, 5) is 2.63. The van der Waals surface area contributed by atoms with Gasteiger partial charge in [-0.25, -0.2) is 0 Å². The SMILES string of the molecule is CNCC1CCCCN1CC(C)COC. The van der Waals surface area contributed by atoms with Gasteiger partial charge in [-0.15, -0.1) is 0 Å². The first-order valence-electron chi connectivity index (χ1n) is 6.15. The molecule has 0 aromatic rings. The molecule has 1 heterocycles. The van der Waals surface area contributed by atoms with Gasteiger partial charge in [0, 0.05) is 32.8 Å². The van der Waals surface area contributed by atoms with E-state index in [9.17, 15) is 0 Å². The molecule has 0 spiro atoms. The fourth-order valence-corrected chi connectivity index (χ4v) is 2.50. The summed E-state index contributed by atoms with van der Waals surface area (Å²) in [5.41, 5.74) is 0. The topological polar surface area (TPSA) is 24.5 Å². The van der Waals surface area contributed by atoms with Gasteiger partial charge in [0.25, 0.3) is 0 Å². The molecule has 1 fully saturated rings. The van der Waals surface area contributed by atoms with Gasteiger partial charge in [0.05, 0.1) is 0 Å². The highest BCUT2D eigenvalue weighted by Gasteiger charge is 2.22. The zero-order chi connectivity index (χ0) is 11.1. The Morgan fingerprint density at radius 2 is 2.27 bits per heavy atom. The molecule has 0 amide bonds. The van der Waals surface area contributed by atoms with Crippen LogP contribution in [-0.2, 0) is 4.74 Å². The molecule has 2 atom stereocenters. The van der Waals surface area contributed by atoms with Crippen LogP contribution in [0.3, 0.4) is 0 Å². The Morgan fingerprint density at radius 1 is 1.47 bits per heavy atom. The third-order valence-electron chi connectivity index (χ3n) is 3.19. The molecule has 0 aromatic heterocycles. The number of likely N-dealkylation sites (N-methyl/N-ethyl adjacent to an activating group) is 1. The molecular formula is C12H26N2O. The smallest absolute Gasteiger partial charge is 0.0500 e. The molecule has 1 N–H and O–H groups in total. The molecule has 0 aromatic carbocycles. The third-order valence-corrected chi connectivity index (χ3v) is 3.19. The van der Waals surface area contributed by atoms with E-state index in [1.165, 1.54) is 32.4 Å². The third kappa shape index (κ3) is 4.49. The van der Waals surface area contributed by atoms with Gasteiger partial charge >= 0.3 is 0 Å². The number of rotatable bonds is 6. The number of ether oxygens (including phenoxy) is 1. The lowest BCUT2D eigenvalue weighted by atomic mass is 10.0. The van der Waals surface area contributed by atoms with Crippen LogP contribution in [0.15, 0.2) is 0 Å². The number of hydrogen-bond donors (Lipinski definition) is 1. The molecule has 3 heteroatoms. The standard InChI is InChI=1S/C12H26N2O/c1-11(10-15-3)9-14-7-5-4-6-12(14)8-13-2/h11-13H,4-10H2,1-3H3. The Balaban J connectivity index is 2.34. The minimum atomic E-state index is 0.646. The molecular weight excluding hydrogens is 188 g/mol. The van der Waals surface area contributed by atoms with Crippen molar-refractivity contribution < 1.29 is 4.74 Å². The molecule has 0 radical (unpaired) electrons. The normalized spacial score (nSPS) is 25.4. The van der Waals surface area contributed by atoms with Crippen molar-refractivity contribution in [2.75, 3.05) is 40.4 Å². The first kappa shape index (κ1) is 12.9. The number of piperidine rings is 1. The van der Waals surface area contributed by atoms with E-state index in [1.807, 2.05) is 7.05 Å². The summed E-state index contributed by atoms with van der Waals surface area (Å²) in [7, 11) is 3.84. The van der Waals surface area contributed by atoms with Gasteiger partial charge in [-0.2, -0.15) is 0 Å². The number of nitrogens with one attached hydrogen (secondary N) is 1. The van der Waals surface area contributed by atoms with E-state index in [4.69, 9.17) is 4.74 Å². The second kappa shape index (κ2) is 7.20. The number of methoxy groups -OCH3 is 1. The van der Waals surface area contributed by atoms with Crippen molar-refractivity contribution >= 4 is 0 Å². The van der Waals surface area contributed by atoms with Crippen LogP contribution in [0.2, 0.25) is 0 Å². The monoisotopic (exact) mass is 214 g/mol.